The van der Waals surface area contributed by atoms with Crippen LogP contribution in [0.5, 0.6) is 0 Å². The van der Waals surface area contributed by atoms with Gasteiger partial charge in [-0.3, -0.25) is 14.3 Å². The van der Waals surface area contributed by atoms with Gasteiger partial charge in [-0.1, -0.05) is 48.5 Å². The number of hydrogen-bond donors (Lipinski definition) is 1. The Morgan fingerprint density at radius 2 is 1.71 bits per heavy atom. The minimum Gasteiger partial charge on any atom is -0.408 e. The molecule has 0 spiro atoms. The zero-order chi connectivity index (χ0) is 21.2. The van der Waals surface area contributed by atoms with Gasteiger partial charge in [0.25, 0.3) is 0 Å². The molecule has 6 nitrogen and oxygen atoms in total. The molecule has 0 saturated heterocycles. The van der Waals surface area contributed by atoms with Gasteiger partial charge in [0.1, 0.15) is 0 Å². The van der Waals surface area contributed by atoms with Crippen molar-refractivity contribution >= 4 is 22.7 Å². The van der Waals surface area contributed by atoms with E-state index >= 15 is 0 Å². The van der Waals surface area contributed by atoms with Crippen molar-refractivity contribution in [1.29, 1.82) is 0 Å². The zero-order valence-corrected chi connectivity index (χ0v) is 17.1. The number of hydrogen-bond acceptors (Lipinski definition) is 4. The van der Waals surface area contributed by atoms with Crippen LogP contribution in [0.2, 0.25) is 0 Å². The highest BCUT2D eigenvalue weighted by Gasteiger charge is 2.19. The number of oxazole rings is 1. The predicted octanol–water partition coefficient (Wildman–Crippen LogP) is 4.14. The molecule has 3 aromatic carbocycles. The predicted molar refractivity (Wildman–Crippen MR) is 120 cm³/mol. The summed E-state index contributed by atoms with van der Waals surface area (Å²) in [7, 11) is 0. The van der Waals surface area contributed by atoms with Crippen molar-refractivity contribution in [3.63, 3.8) is 0 Å². The highest BCUT2D eigenvalue weighted by Crippen LogP contribution is 2.27. The number of anilines is 1. The summed E-state index contributed by atoms with van der Waals surface area (Å²) in [4.78, 5) is 26.9. The average Bonchev–Trinajstić information content (AvgIpc) is 3.31. The SMILES string of the molecule is O=C(CCn1c(=O)oc2ccccc21)Nc1ccc2c(c1)CN(Cc1ccccc1)C2. The molecule has 4 aromatic rings. The van der Waals surface area contributed by atoms with Crippen LogP contribution in [0.3, 0.4) is 0 Å². The van der Waals surface area contributed by atoms with Crippen LogP contribution >= 0.6 is 0 Å². The molecule has 31 heavy (non-hydrogen) atoms. The smallest absolute Gasteiger partial charge is 0.408 e. The van der Waals surface area contributed by atoms with Gasteiger partial charge < -0.3 is 9.73 Å². The maximum absolute atomic E-state index is 12.5. The Hall–Kier alpha value is -3.64. The minimum absolute atomic E-state index is 0.128. The molecule has 6 heteroatoms. The number of carbonyl (C=O) groups is 1. The zero-order valence-electron chi connectivity index (χ0n) is 17.1. The summed E-state index contributed by atoms with van der Waals surface area (Å²) in [5.41, 5.74) is 5.86. The Morgan fingerprint density at radius 3 is 2.58 bits per heavy atom. The Morgan fingerprint density at radius 1 is 0.935 bits per heavy atom. The molecule has 1 aliphatic heterocycles. The summed E-state index contributed by atoms with van der Waals surface area (Å²) in [6, 6.07) is 23.8. The van der Waals surface area contributed by atoms with Crippen molar-refractivity contribution in [2.45, 2.75) is 32.6 Å². The molecule has 0 radical (unpaired) electrons. The molecular weight excluding hydrogens is 390 g/mol. The molecular formula is C25H23N3O3. The third-order valence-electron chi connectivity index (χ3n) is 5.66. The molecule has 156 valence electrons. The van der Waals surface area contributed by atoms with Gasteiger partial charge in [-0.25, -0.2) is 4.79 Å². The molecule has 1 N–H and O–H groups in total. The Kier molecular flexibility index (Phi) is 5.14. The number of carbonyl (C=O) groups excluding carboxylic acids is 1. The summed E-state index contributed by atoms with van der Waals surface area (Å²) in [5, 5.41) is 2.96. The monoisotopic (exact) mass is 413 g/mol. The first kappa shape index (κ1) is 19.3. The van der Waals surface area contributed by atoms with E-state index in [1.807, 2.05) is 30.3 Å². The van der Waals surface area contributed by atoms with Gasteiger partial charge in [-0.05, 0) is 41.0 Å². The van der Waals surface area contributed by atoms with Gasteiger partial charge in [0.15, 0.2) is 5.58 Å². The van der Waals surface area contributed by atoms with Crippen LogP contribution in [0.25, 0.3) is 11.1 Å². The molecule has 0 fully saturated rings. The Labute approximate surface area is 179 Å². The molecule has 0 saturated carbocycles. The number of nitrogens with one attached hydrogen (secondary N) is 1. The summed E-state index contributed by atoms with van der Waals surface area (Å²) in [6.07, 6.45) is 0.195. The summed E-state index contributed by atoms with van der Waals surface area (Å²) < 4.78 is 6.72. The van der Waals surface area contributed by atoms with Gasteiger partial charge in [0, 0.05) is 38.3 Å². The number of fused-ring (bicyclic) bond motifs is 2. The third-order valence-corrected chi connectivity index (χ3v) is 5.66. The fraction of sp³-hybridized carbons (Fsp3) is 0.200. The number of aryl methyl sites for hydroxylation is 1. The van der Waals surface area contributed by atoms with Crippen LogP contribution in [0.4, 0.5) is 5.69 Å². The lowest BCUT2D eigenvalue weighted by atomic mass is 10.1. The Bertz CT molecular complexity index is 1290. The van der Waals surface area contributed by atoms with Gasteiger partial charge in [0.2, 0.25) is 5.91 Å². The largest absolute Gasteiger partial charge is 0.419 e. The van der Waals surface area contributed by atoms with E-state index in [-0.39, 0.29) is 18.9 Å². The lowest BCUT2D eigenvalue weighted by Gasteiger charge is -2.14. The van der Waals surface area contributed by atoms with Gasteiger partial charge in [-0.2, -0.15) is 0 Å². The molecule has 0 atom stereocenters. The van der Waals surface area contributed by atoms with Gasteiger partial charge in [-0.15, -0.1) is 0 Å². The van der Waals surface area contributed by atoms with Gasteiger partial charge in [0.05, 0.1) is 5.52 Å². The molecule has 5 rings (SSSR count). The number of aromatic nitrogens is 1. The van der Waals surface area contributed by atoms with Crippen LogP contribution in [0, 0.1) is 0 Å². The van der Waals surface area contributed by atoms with E-state index in [1.165, 1.54) is 21.3 Å². The number of amides is 1. The van der Waals surface area contributed by atoms with E-state index < -0.39 is 5.76 Å². The third kappa shape index (κ3) is 4.15. The lowest BCUT2D eigenvalue weighted by molar-refractivity contribution is -0.116. The summed E-state index contributed by atoms with van der Waals surface area (Å²) in [5.74, 6) is -0.568. The second-order valence-corrected chi connectivity index (χ2v) is 7.90. The van der Waals surface area contributed by atoms with Crippen LogP contribution in [-0.2, 0) is 31.0 Å². The van der Waals surface area contributed by atoms with E-state index in [4.69, 9.17) is 4.42 Å². The second kappa shape index (κ2) is 8.24. The van der Waals surface area contributed by atoms with E-state index in [1.54, 1.807) is 6.07 Å². The minimum atomic E-state index is -0.440. The van der Waals surface area contributed by atoms with E-state index in [2.05, 4.69) is 46.6 Å². The maximum Gasteiger partial charge on any atom is 0.419 e. The van der Waals surface area contributed by atoms with Crippen molar-refractivity contribution < 1.29 is 9.21 Å². The fourth-order valence-electron chi connectivity index (χ4n) is 4.16. The standard InChI is InChI=1S/C25H23N3O3/c29-24(12-13-28-22-8-4-5-9-23(22)31-25(28)30)26-21-11-10-19-16-27(17-20(19)14-21)15-18-6-2-1-3-7-18/h1-11,14H,12-13,15-17H2,(H,26,29). The molecule has 0 aliphatic carbocycles. The average molecular weight is 413 g/mol. The van der Waals surface area contributed by atoms with Crippen LogP contribution in [-0.4, -0.2) is 15.4 Å². The second-order valence-electron chi connectivity index (χ2n) is 7.90. The lowest BCUT2D eigenvalue weighted by Crippen LogP contribution is -2.19. The number of nitrogens with zero attached hydrogens (tertiary/aromatic N) is 2. The van der Waals surface area contributed by atoms with Crippen molar-refractivity contribution in [2.75, 3.05) is 5.32 Å². The normalized spacial score (nSPS) is 13.4. The quantitative estimate of drug-likeness (QED) is 0.516. The van der Waals surface area contributed by atoms with Crippen LogP contribution < -0.4 is 11.1 Å². The van der Waals surface area contributed by atoms with Gasteiger partial charge >= 0.3 is 5.76 Å². The fourth-order valence-corrected chi connectivity index (χ4v) is 4.16. The highest BCUT2D eigenvalue weighted by atomic mass is 16.4. The molecule has 0 unspecified atom stereocenters. The first-order valence-electron chi connectivity index (χ1n) is 10.4. The molecule has 1 amide bonds. The molecule has 0 bridgehead atoms. The first-order chi connectivity index (χ1) is 15.2. The first-order valence-corrected chi connectivity index (χ1v) is 10.4. The van der Waals surface area contributed by atoms with Crippen molar-refractivity contribution in [1.82, 2.24) is 9.47 Å². The topological polar surface area (TPSA) is 67.5 Å². The Balaban J connectivity index is 1.21. The molecule has 2 heterocycles. The number of benzene rings is 3. The summed E-state index contributed by atoms with van der Waals surface area (Å²) in [6.45, 7) is 2.96. The number of rotatable bonds is 6. The van der Waals surface area contributed by atoms with Crippen molar-refractivity contribution in [2.24, 2.45) is 0 Å². The molecule has 1 aliphatic rings. The highest BCUT2D eigenvalue weighted by molar-refractivity contribution is 5.90. The maximum atomic E-state index is 12.5. The van der Waals surface area contributed by atoms with E-state index in [9.17, 15) is 9.59 Å². The van der Waals surface area contributed by atoms with E-state index in [0.29, 0.717) is 11.1 Å². The number of para-hydroxylation sites is 2. The summed E-state index contributed by atoms with van der Waals surface area (Å²) >= 11 is 0. The van der Waals surface area contributed by atoms with E-state index in [0.717, 1.165) is 25.3 Å². The van der Waals surface area contributed by atoms with Crippen molar-refractivity contribution in [3.8, 4) is 0 Å². The van der Waals surface area contributed by atoms with Crippen molar-refractivity contribution in [3.05, 3.63) is 100 Å². The van der Waals surface area contributed by atoms with Crippen LogP contribution in [0.1, 0.15) is 23.1 Å². The van der Waals surface area contributed by atoms with Crippen LogP contribution in [0.15, 0.2) is 82.0 Å². The molecule has 1 aromatic heterocycles.